The molecule has 0 N–H and O–H groups in total. The third-order valence-corrected chi connectivity index (χ3v) is 4.59. The highest BCUT2D eigenvalue weighted by Crippen LogP contribution is 2.25. The molecule has 0 radical (unpaired) electrons. The maximum atomic E-state index is 12.5. The summed E-state index contributed by atoms with van der Waals surface area (Å²) in [7, 11) is 0. The van der Waals surface area contributed by atoms with E-state index in [9.17, 15) is 4.79 Å². The van der Waals surface area contributed by atoms with Gasteiger partial charge in [-0.1, -0.05) is 0 Å². The normalized spacial score (nSPS) is 18.2. The number of amides is 1. The lowest BCUT2D eigenvalue weighted by Gasteiger charge is -2.29. The number of nitrogens with zero attached hydrogens (tertiary/aromatic N) is 4. The van der Waals surface area contributed by atoms with Gasteiger partial charge in [0, 0.05) is 38.2 Å². The zero-order chi connectivity index (χ0) is 16.4. The molecule has 0 saturated carbocycles. The minimum Gasteiger partial charge on any atom is -0.459 e. The first kappa shape index (κ1) is 15.1. The van der Waals surface area contributed by atoms with Gasteiger partial charge in [-0.05, 0) is 18.6 Å². The zero-order valence-corrected chi connectivity index (χ0v) is 13.5. The van der Waals surface area contributed by atoms with Crippen LogP contribution < -0.4 is 4.90 Å². The molecular formula is C17H20N4O3. The summed E-state index contributed by atoms with van der Waals surface area (Å²) >= 11 is 0. The molecule has 0 aliphatic carbocycles. The van der Waals surface area contributed by atoms with Gasteiger partial charge in [0.15, 0.2) is 5.76 Å². The van der Waals surface area contributed by atoms with Gasteiger partial charge < -0.3 is 19.0 Å². The van der Waals surface area contributed by atoms with Crippen molar-refractivity contribution in [3.8, 4) is 0 Å². The molecule has 0 bridgehead atoms. The fraction of sp³-hybridized carbons (Fsp3) is 0.471. The highest BCUT2D eigenvalue weighted by molar-refractivity contribution is 5.91. The van der Waals surface area contributed by atoms with Crippen molar-refractivity contribution in [2.75, 3.05) is 44.3 Å². The van der Waals surface area contributed by atoms with Gasteiger partial charge in [-0.3, -0.25) is 4.79 Å². The first-order chi connectivity index (χ1) is 11.8. The van der Waals surface area contributed by atoms with Crippen LogP contribution in [0.2, 0.25) is 0 Å². The van der Waals surface area contributed by atoms with Crippen LogP contribution in [0.25, 0.3) is 0 Å². The Bertz CT molecular complexity index is 711. The molecule has 2 aliphatic rings. The number of aromatic nitrogens is 2. The fourth-order valence-electron chi connectivity index (χ4n) is 3.32. The maximum absolute atomic E-state index is 12.5. The van der Waals surface area contributed by atoms with E-state index in [1.165, 1.54) is 6.26 Å². The Hall–Kier alpha value is -2.41. The Kier molecular flexibility index (Phi) is 4.17. The number of morpholine rings is 1. The Morgan fingerprint density at radius 3 is 2.71 bits per heavy atom. The maximum Gasteiger partial charge on any atom is 0.289 e. The number of fused-ring (bicyclic) bond motifs is 1. The average molecular weight is 328 g/mol. The van der Waals surface area contributed by atoms with Crippen LogP contribution in [0.5, 0.6) is 0 Å². The number of ether oxygens (including phenoxy) is 1. The van der Waals surface area contributed by atoms with Crippen LogP contribution in [0, 0.1) is 0 Å². The van der Waals surface area contributed by atoms with E-state index in [1.807, 2.05) is 4.90 Å². The Morgan fingerprint density at radius 1 is 1.08 bits per heavy atom. The minimum absolute atomic E-state index is 0.0614. The van der Waals surface area contributed by atoms with Crippen molar-refractivity contribution in [2.24, 2.45) is 0 Å². The third kappa shape index (κ3) is 2.87. The van der Waals surface area contributed by atoms with Gasteiger partial charge in [-0.15, -0.1) is 0 Å². The van der Waals surface area contributed by atoms with Crippen molar-refractivity contribution >= 4 is 11.7 Å². The molecule has 4 heterocycles. The Morgan fingerprint density at radius 2 is 1.92 bits per heavy atom. The number of hydrogen-bond acceptors (Lipinski definition) is 6. The van der Waals surface area contributed by atoms with Crippen molar-refractivity contribution < 1.29 is 13.9 Å². The quantitative estimate of drug-likeness (QED) is 0.823. The lowest BCUT2D eigenvalue weighted by molar-refractivity contribution is 0.0731. The summed E-state index contributed by atoms with van der Waals surface area (Å²) in [5.74, 6) is 1.32. The molecule has 0 aromatic carbocycles. The van der Waals surface area contributed by atoms with E-state index >= 15 is 0 Å². The molecule has 7 nitrogen and oxygen atoms in total. The summed E-state index contributed by atoms with van der Waals surface area (Å²) in [6, 6.07) is 3.45. The van der Waals surface area contributed by atoms with Crippen LogP contribution in [0.3, 0.4) is 0 Å². The van der Waals surface area contributed by atoms with Crippen molar-refractivity contribution in [3.63, 3.8) is 0 Å². The van der Waals surface area contributed by atoms with Gasteiger partial charge in [-0.2, -0.15) is 0 Å². The van der Waals surface area contributed by atoms with Crippen LogP contribution in [-0.4, -0.2) is 60.2 Å². The molecule has 2 aromatic rings. The van der Waals surface area contributed by atoms with Crippen LogP contribution in [0.15, 0.2) is 29.1 Å². The molecule has 1 saturated heterocycles. The van der Waals surface area contributed by atoms with Gasteiger partial charge in [0.2, 0.25) is 0 Å². The SMILES string of the molecule is O=C(c1ccco1)N1CCc2ncnc(N3CCOCC3)c2CC1. The summed E-state index contributed by atoms with van der Waals surface area (Å²) in [4.78, 5) is 25.6. The number of anilines is 1. The average Bonchev–Trinajstić information content (AvgIpc) is 3.08. The first-order valence-electron chi connectivity index (χ1n) is 8.31. The van der Waals surface area contributed by atoms with Crippen LogP contribution in [0.4, 0.5) is 5.82 Å². The van der Waals surface area contributed by atoms with Gasteiger partial charge in [0.25, 0.3) is 5.91 Å². The molecule has 0 unspecified atom stereocenters. The topological polar surface area (TPSA) is 71.7 Å². The molecule has 0 atom stereocenters. The van der Waals surface area contributed by atoms with E-state index < -0.39 is 0 Å². The van der Waals surface area contributed by atoms with E-state index in [2.05, 4.69) is 14.9 Å². The molecular weight excluding hydrogens is 308 g/mol. The predicted octanol–water partition coefficient (Wildman–Crippen LogP) is 1.15. The van der Waals surface area contributed by atoms with E-state index in [-0.39, 0.29) is 5.91 Å². The molecule has 24 heavy (non-hydrogen) atoms. The lowest BCUT2D eigenvalue weighted by Crippen LogP contribution is -2.37. The third-order valence-electron chi connectivity index (χ3n) is 4.59. The van der Waals surface area contributed by atoms with Crippen molar-refractivity contribution in [3.05, 3.63) is 41.7 Å². The largest absolute Gasteiger partial charge is 0.459 e. The molecule has 2 aliphatic heterocycles. The van der Waals surface area contributed by atoms with Gasteiger partial charge in [0.05, 0.1) is 25.2 Å². The Labute approximate surface area is 140 Å². The van der Waals surface area contributed by atoms with Crippen LogP contribution in [0.1, 0.15) is 21.8 Å². The second-order valence-electron chi connectivity index (χ2n) is 5.99. The van der Waals surface area contributed by atoms with Crippen LogP contribution >= 0.6 is 0 Å². The van der Waals surface area contributed by atoms with Crippen LogP contribution in [-0.2, 0) is 17.6 Å². The molecule has 4 rings (SSSR count). The number of hydrogen-bond donors (Lipinski definition) is 0. The number of carbonyl (C=O) groups excluding carboxylic acids is 1. The summed E-state index contributed by atoms with van der Waals surface area (Å²) in [6.45, 7) is 4.43. The molecule has 2 aromatic heterocycles. The summed E-state index contributed by atoms with van der Waals surface area (Å²) in [6.07, 6.45) is 4.66. The van der Waals surface area contributed by atoms with Crippen molar-refractivity contribution in [1.29, 1.82) is 0 Å². The van der Waals surface area contributed by atoms with Gasteiger partial charge in [-0.25, -0.2) is 9.97 Å². The summed E-state index contributed by atoms with van der Waals surface area (Å²) < 4.78 is 10.7. The first-order valence-corrected chi connectivity index (χ1v) is 8.31. The van der Waals surface area contributed by atoms with Crippen molar-refractivity contribution in [2.45, 2.75) is 12.8 Å². The van der Waals surface area contributed by atoms with E-state index in [4.69, 9.17) is 9.15 Å². The summed E-state index contributed by atoms with van der Waals surface area (Å²) in [5, 5.41) is 0. The van der Waals surface area contributed by atoms with Gasteiger partial charge >= 0.3 is 0 Å². The fourth-order valence-corrected chi connectivity index (χ4v) is 3.32. The summed E-state index contributed by atoms with van der Waals surface area (Å²) in [5.41, 5.74) is 2.20. The molecule has 126 valence electrons. The van der Waals surface area contributed by atoms with Gasteiger partial charge in [0.1, 0.15) is 12.1 Å². The van der Waals surface area contributed by atoms with Crippen molar-refractivity contribution in [1.82, 2.24) is 14.9 Å². The second-order valence-corrected chi connectivity index (χ2v) is 5.99. The molecule has 0 spiro atoms. The predicted molar refractivity (Wildman–Crippen MR) is 87.1 cm³/mol. The smallest absolute Gasteiger partial charge is 0.289 e. The number of rotatable bonds is 2. The molecule has 1 fully saturated rings. The van der Waals surface area contributed by atoms with E-state index in [0.717, 1.165) is 56.2 Å². The lowest BCUT2D eigenvalue weighted by atomic mass is 10.1. The monoisotopic (exact) mass is 328 g/mol. The highest BCUT2D eigenvalue weighted by Gasteiger charge is 2.25. The number of furan rings is 1. The highest BCUT2D eigenvalue weighted by atomic mass is 16.5. The molecule has 1 amide bonds. The Balaban J connectivity index is 1.55. The standard InChI is InChI=1S/C17H20N4O3/c22-17(15-2-1-9-24-15)21-5-3-13-14(4-6-21)18-12-19-16(13)20-7-10-23-11-8-20/h1-2,9,12H,3-8,10-11H2. The number of carbonyl (C=O) groups is 1. The van der Waals surface area contributed by atoms with E-state index in [1.54, 1.807) is 18.5 Å². The minimum atomic E-state index is -0.0614. The van der Waals surface area contributed by atoms with E-state index in [0.29, 0.717) is 18.8 Å². The zero-order valence-electron chi connectivity index (χ0n) is 13.5. The second kappa shape index (κ2) is 6.60. The molecule has 7 heteroatoms.